The normalized spacial score (nSPS) is 14.2. The van der Waals surface area contributed by atoms with E-state index in [1.54, 1.807) is 6.20 Å². The largest absolute Gasteiger partial charge is 0.469 e. The number of ether oxygens (including phenoxy) is 1. The number of allylic oxidation sites excluding steroid dienone is 1. The van der Waals surface area contributed by atoms with E-state index in [4.69, 9.17) is 9.15 Å². The number of benzene rings is 1. The number of unbranched alkanes of at least 4 members (excludes halogenated alkanes) is 3. The number of oxazole rings is 1. The van der Waals surface area contributed by atoms with Crippen molar-refractivity contribution >= 4 is 17.4 Å². The van der Waals surface area contributed by atoms with Gasteiger partial charge in [0, 0.05) is 36.5 Å². The third-order valence-electron chi connectivity index (χ3n) is 7.61. The average Bonchev–Trinajstić information content (AvgIpc) is 3.50. The SMILES string of the molecule is COC(=O)CCCCC=C(c1ccc(-c2nc(C(=O)NCCCCC3CCCCC3)co2)cc1)c1cccnc1. The molecule has 0 spiro atoms. The number of hydrogen-bond acceptors (Lipinski definition) is 6. The molecule has 7 nitrogen and oxygen atoms in total. The van der Waals surface area contributed by atoms with Gasteiger partial charge in [-0.3, -0.25) is 14.6 Å². The van der Waals surface area contributed by atoms with E-state index in [1.807, 2.05) is 42.6 Å². The second kappa shape index (κ2) is 15.8. The summed E-state index contributed by atoms with van der Waals surface area (Å²) in [7, 11) is 1.42. The van der Waals surface area contributed by atoms with Gasteiger partial charge >= 0.3 is 5.97 Å². The summed E-state index contributed by atoms with van der Waals surface area (Å²) in [6, 6.07) is 11.9. The van der Waals surface area contributed by atoms with Crippen molar-refractivity contribution in [3.05, 3.63) is 78.0 Å². The molecule has 2 aromatic heterocycles. The zero-order valence-corrected chi connectivity index (χ0v) is 23.6. The van der Waals surface area contributed by atoms with Gasteiger partial charge in [0.25, 0.3) is 5.91 Å². The van der Waals surface area contributed by atoms with Gasteiger partial charge in [0.2, 0.25) is 5.89 Å². The molecule has 1 N–H and O–H groups in total. The lowest BCUT2D eigenvalue weighted by Gasteiger charge is -2.21. The van der Waals surface area contributed by atoms with Crippen molar-refractivity contribution in [2.45, 2.75) is 77.0 Å². The van der Waals surface area contributed by atoms with Crippen molar-refractivity contribution < 1.29 is 18.7 Å². The first-order valence-electron chi connectivity index (χ1n) is 14.7. The molecule has 1 saturated carbocycles. The highest BCUT2D eigenvalue weighted by Crippen LogP contribution is 2.28. The lowest BCUT2D eigenvalue weighted by atomic mass is 9.86. The second-order valence-corrected chi connectivity index (χ2v) is 10.6. The summed E-state index contributed by atoms with van der Waals surface area (Å²) in [5.41, 5.74) is 4.25. The lowest BCUT2D eigenvalue weighted by molar-refractivity contribution is -0.140. The van der Waals surface area contributed by atoms with Crippen LogP contribution in [0, 0.1) is 5.92 Å². The van der Waals surface area contributed by atoms with Crippen molar-refractivity contribution in [1.29, 1.82) is 0 Å². The standard InChI is InChI=1S/C33H41N3O4/c1-39-31(37)16-7-3-6-15-29(28-14-10-21-34-23-28)26-17-19-27(20-18-26)33-36-30(24-40-33)32(38)35-22-9-8-13-25-11-4-2-5-12-25/h10,14-15,17-21,23-25H,2-9,11-13,16,22H2,1H3,(H,35,38). The Morgan fingerprint density at radius 3 is 2.60 bits per heavy atom. The summed E-state index contributed by atoms with van der Waals surface area (Å²) in [5.74, 6) is 0.925. The van der Waals surface area contributed by atoms with Crippen LogP contribution in [0.5, 0.6) is 0 Å². The monoisotopic (exact) mass is 543 g/mol. The molecule has 0 bridgehead atoms. The summed E-state index contributed by atoms with van der Waals surface area (Å²) in [6.45, 7) is 0.661. The van der Waals surface area contributed by atoms with Crippen LogP contribution in [-0.4, -0.2) is 35.5 Å². The van der Waals surface area contributed by atoms with Crippen LogP contribution in [0.25, 0.3) is 17.0 Å². The smallest absolute Gasteiger partial charge is 0.305 e. The number of esters is 1. The molecule has 0 aliphatic heterocycles. The molecule has 4 rings (SSSR count). The van der Waals surface area contributed by atoms with Gasteiger partial charge in [0.15, 0.2) is 5.69 Å². The molecule has 0 unspecified atom stereocenters. The van der Waals surface area contributed by atoms with Crippen molar-refractivity contribution in [2.75, 3.05) is 13.7 Å². The Balaban J connectivity index is 1.31. The number of carbonyl (C=O) groups excluding carboxylic acids is 2. The highest BCUT2D eigenvalue weighted by atomic mass is 16.5. The van der Waals surface area contributed by atoms with Gasteiger partial charge in [-0.2, -0.15) is 0 Å². The summed E-state index contributed by atoms with van der Waals surface area (Å²) in [4.78, 5) is 32.7. The van der Waals surface area contributed by atoms with Gasteiger partial charge in [0.1, 0.15) is 6.26 Å². The van der Waals surface area contributed by atoms with E-state index < -0.39 is 0 Å². The number of nitrogens with zero attached hydrogens (tertiary/aromatic N) is 2. The molecule has 3 aromatic rings. The molecule has 1 aliphatic carbocycles. The zero-order valence-electron chi connectivity index (χ0n) is 23.6. The van der Waals surface area contributed by atoms with Crippen molar-refractivity contribution in [2.24, 2.45) is 5.92 Å². The second-order valence-electron chi connectivity index (χ2n) is 10.6. The Morgan fingerprint density at radius 1 is 1.02 bits per heavy atom. The first-order valence-corrected chi connectivity index (χ1v) is 14.7. The molecule has 1 amide bonds. The third kappa shape index (κ3) is 8.90. The van der Waals surface area contributed by atoms with Gasteiger partial charge in [-0.1, -0.05) is 69.2 Å². The van der Waals surface area contributed by atoms with Gasteiger partial charge in [-0.15, -0.1) is 0 Å². The van der Waals surface area contributed by atoms with Crippen LogP contribution < -0.4 is 5.32 Å². The predicted octanol–water partition coefficient (Wildman–Crippen LogP) is 7.38. The Hall–Kier alpha value is -3.74. The van der Waals surface area contributed by atoms with Crippen molar-refractivity contribution in [3.8, 4) is 11.5 Å². The highest BCUT2D eigenvalue weighted by molar-refractivity contribution is 5.92. The number of amides is 1. The van der Waals surface area contributed by atoms with Crippen LogP contribution in [0.1, 0.15) is 98.7 Å². The van der Waals surface area contributed by atoms with Crippen LogP contribution in [-0.2, 0) is 9.53 Å². The minimum Gasteiger partial charge on any atom is -0.469 e. The lowest BCUT2D eigenvalue weighted by Crippen LogP contribution is -2.24. The molecule has 7 heteroatoms. The molecular formula is C33H41N3O4. The maximum atomic E-state index is 12.6. The Labute approximate surface area is 237 Å². The molecule has 1 fully saturated rings. The van der Waals surface area contributed by atoms with Crippen LogP contribution in [0.15, 0.2) is 65.5 Å². The molecule has 1 aliphatic rings. The first kappa shape index (κ1) is 29.2. The number of rotatable bonds is 14. The van der Waals surface area contributed by atoms with E-state index in [0.717, 1.165) is 60.3 Å². The van der Waals surface area contributed by atoms with Crippen LogP contribution in [0.2, 0.25) is 0 Å². The molecule has 0 atom stereocenters. The quantitative estimate of drug-likeness (QED) is 0.168. The van der Waals surface area contributed by atoms with Crippen LogP contribution in [0.4, 0.5) is 0 Å². The highest BCUT2D eigenvalue weighted by Gasteiger charge is 2.15. The Kier molecular flexibility index (Phi) is 11.5. The first-order chi connectivity index (χ1) is 19.6. The fraction of sp³-hybridized carbons (Fsp3) is 0.455. The molecule has 0 radical (unpaired) electrons. The van der Waals surface area contributed by atoms with E-state index in [9.17, 15) is 9.59 Å². The third-order valence-corrected chi connectivity index (χ3v) is 7.61. The van der Waals surface area contributed by atoms with E-state index in [0.29, 0.717) is 24.6 Å². The van der Waals surface area contributed by atoms with E-state index in [-0.39, 0.29) is 11.9 Å². The van der Waals surface area contributed by atoms with Crippen LogP contribution >= 0.6 is 0 Å². The maximum Gasteiger partial charge on any atom is 0.305 e. The molecule has 212 valence electrons. The summed E-state index contributed by atoms with van der Waals surface area (Å²) in [5, 5.41) is 2.98. The Morgan fingerprint density at radius 2 is 1.85 bits per heavy atom. The predicted molar refractivity (Wildman–Crippen MR) is 156 cm³/mol. The number of methoxy groups -OCH3 is 1. The van der Waals surface area contributed by atoms with Crippen molar-refractivity contribution in [1.82, 2.24) is 15.3 Å². The number of nitrogens with one attached hydrogen (secondary N) is 1. The summed E-state index contributed by atoms with van der Waals surface area (Å²) < 4.78 is 10.4. The van der Waals surface area contributed by atoms with Gasteiger partial charge < -0.3 is 14.5 Å². The van der Waals surface area contributed by atoms with Crippen molar-refractivity contribution in [3.63, 3.8) is 0 Å². The van der Waals surface area contributed by atoms with Crippen LogP contribution in [0.3, 0.4) is 0 Å². The van der Waals surface area contributed by atoms with Gasteiger partial charge in [-0.05, 0) is 60.9 Å². The minimum absolute atomic E-state index is 0.177. The fourth-order valence-electron chi connectivity index (χ4n) is 5.32. The van der Waals surface area contributed by atoms with Gasteiger partial charge in [-0.25, -0.2) is 4.98 Å². The topological polar surface area (TPSA) is 94.3 Å². The fourth-order valence-corrected chi connectivity index (χ4v) is 5.32. The maximum absolute atomic E-state index is 12.6. The molecule has 2 heterocycles. The minimum atomic E-state index is -0.196. The molecule has 0 saturated heterocycles. The summed E-state index contributed by atoms with van der Waals surface area (Å²) >= 11 is 0. The van der Waals surface area contributed by atoms with E-state index in [2.05, 4.69) is 21.4 Å². The molecule has 40 heavy (non-hydrogen) atoms. The number of carbonyl (C=O) groups is 2. The number of aromatic nitrogens is 2. The van der Waals surface area contributed by atoms with Gasteiger partial charge in [0.05, 0.1) is 7.11 Å². The Bertz CT molecular complexity index is 1230. The summed E-state index contributed by atoms with van der Waals surface area (Å²) in [6.07, 6.45) is 20.5. The van der Waals surface area contributed by atoms with E-state index in [1.165, 1.54) is 51.9 Å². The average molecular weight is 544 g/mol. The molecular weight excluding hydrogens is 502 g/mol. The number of hydrogen-bond donors (Lipinski definition) is 1. The molecule has 1 aromatic carbocycles. The zero-order chi connectivity index (χ0) is 28.0. The number of pyridine rings is 1. The van der Waals surface area contributed by atoms with E-state index >= 15 is 0 Å².